The van der Waals surface area contributed by atoms with E-state index in [4.69, 9.17) is 5.11 Å². The molecule has 0 saturated carbocycles. The molecule has 0 rings (SSSR count). The Morgan fingerprint density at radius 3 is 1.61 bits per heavy atom. The topological polar surface area (TPSA) is 77.4 Å². The Labute approximate surface area is 165 Å². The first-order valence-corrected chi connectivity index (χ1v) is 10.5. The number of hydrogen-bond acceptors (Lipinski definition) is 4. The van der Waals surface area contributed by atoms with Gasteiger partial charge in [0.2, 0.25) is 0 Å². The van der Waals surface area contributed by atoms with Crippen molar-refractivity contribution in [3.8, 4) is 0 Å². The summed E-state index contributed by atoms with van der Waals surface area (Å²) in [5, 5.41) is 8.47. The zero-order valence-electron chi connectivity index (χ0n) is 15.4. The van der Waals surface area contributed by atoms with Gasteiger partial charge in [-0.25, -0.2) is 8.42 Å². The molecule has 0 aromatic carbocycles. The number of rotatable bonds is 15. The first-order chi connectivity index (χ1) is 10.4. The van der Waals surface area contributed by atoms with Gasteiger partial charge in [-0.3, -0.25) is 0 Å². The summed E-state index contributed by atoms with van der Waals surface area (Å²) in [6.07, 6.45) is 12.0. The Kier molecular flexibility index (Phi) is 18.5. The van der Waals surface area contributed by atoms with Crippen molar-refractivity contribution in [2.24, 2.45) is 0 Å². The molecule has 23 heavy (non-hydrogen) atoms. The van der Waals surface area contributed by atoms with E-state index in [0.29, 0.717) is 12.8 Å². The summed E-state index contributed by atoms with van der Waals surface area (Å²) >= 11 is 0. The Morgan fingerprint density at radius 2 is 1.22 bits per heavy atom. The summed E-state index contributed by atoms with van der Waals surface area (Å²) in [6, 6.07) is 0. The van der Waals surface area contributed by atoms with Crippen molar-refractivity contribution in [3.63, 3.8) is 0 Å². The van der Waals surface area contributed by atoms with Gasteiger partial charge >= 0.3 is 29.6 Å². The van der Waals surface area contributed by atoms with Gasteiger partial charge in [0.05, 0.1) is 16.2 Å². The maximum absolute atomic E-state index is 11.3. The summed E-state index contributed by atoms with van der Waals surface area (Å²) in [6.45, 7) is 3.92. The van der Waals surface area contributed by atoms with Crippen LogP contribution >= 0.6 is 0 Å². The largest absolute Gasteiger partial charge is 1.00 e. The average Bonchev–Trinajstić information content (AvgIpc) is 2.42. The van der Waals surface area contributed by atoms with Gasteiger partial charge in [0.15, 0.2) is 0 Å². The third-order valence-electron chi connectivity index (χ3n) is 4.19. The summed E-state index contributed by atoms with van der Waals surface area (Å²) in [5.41, 5.74) is 0. The van der Waals surface area contributed by atoms with E-state index in [-0.39, 0.29) is 35.7 Å². The molecule has 0 spiro atoms. The number of unbranched alkanes of at least 4 members (excludes halogenated alkanes) is 8. The third-order valence-corrected chi connectivity index (χ3v) is 5.47. The van der Waals surface area contributed by atoms with E-state index in [9.17, 15) is 13.0 Å². The summed E-state index contributed by atoms with van der Waals surface area (Å²) < 4.78 is 33.9. The monoisotopic (exact) mass is 358 g/mol. The number of aliphatic hydroxyl groups excluding tert-OH is 1. The Balaban J connectivity index is 0. The van der Waals surface area contributed by atoms with Gasteiger partial charge < -0.3 is 9.66 Å². The Bertz CT molecular complexity index is 345. The molecule has 6 heteroatoms. The number of aliphatic hydroxyl groups is 1. The van der Waals surface area contributed by atoms with E-state index < -0.39 is 15.4 Å². The van der Waals surface area contributed by atoms with E-state index in [0.717, 1.165) is 70.6 Å². The second-order valence-electron chi connectivity index (χ2n) is 6.51. The molecule has 0 saturated heterocycles. The van der Waals surface area contributed by atoms with Crippen LogP contribution in [0.3, 0.4) is 0 Å². The molecule has 0 aliphatic carbocycles. The molecule has 2 atom stereocenters. The van der Waals surface area contributed by atoms with Crippen LogP contribution in [-0.2, 0) is 10.1 Å². The van der Waals surface area contributed by atoms with Crippen LogP contribution in [0.5, 0.6) is 0 Å². The summed E-state index contributed by atoms with van der Waals surface area (Å²) in [5.74, 6) is 0. The average molecular weight is 359 g/mol. The number of hydrogen-bond donors (Lipinski definition) is 1. The predicted molar refractivity (Wildman–Crippen MR) is 90.9 cm³/mol. The van der Waals surface area contributed by atoms with Crippen LogP contribution in [0.2, 0.25) is 0 Å². The fourth-order valence-electron chi connectivity index (χ4n) is 2.75. The molecule has 2 unspecified atom stereocenters. The first kappa shape index (κ1) is 26.1. The van der Waals surface area contributed by atoms with Crippen LogP contribution in [0, 0.1) is 0 Å². The van der Waals surface area contributed by atoms with Gasteiger partial charge in [0.1, 0.15) is 0 Å². The van der Waals surface area contributed by atoms with Crippen molar-refractivity contribution >= 4 is 10.1 Å². The zero-order chi connectivity index (χ0) is 16.8. The fourth-order valence-corrected chi connectivity index (χ4v) is 3.66. The standard InChI is InChI=1S/C17H36O4S.Na/c1-3-4-5-11-14-17(22(19,20)21)15-12-9-7-6-8-10-13-16(2)18;/h16-18H,3-15H2,1-2H3,(H,19,20,21);/q;+1/p-1. The van der Waals surface area contributed by atoms with Gasteiger partial charge in [-0.05, 0) is 26.2 Å². The second kappa shape index (κ2) is 16.3. The molecular weight excluding hydrogens is 323 g/mol. The van der Waals surface area contributed by atoms with Gasteiger partial charge in [-0.1, -0.05) is 71.1 Å². The van der Waals surface area contributed by atoms with Gasteiger partial charge in [-0.2, -0.15) is 0 Å². The van der Waals surface area contributed by atoms with E-state index in [1.165, 1.54) is 0 Å². The molecule has 0 aliphatic rings. The van der Waals surface area contributed by atoms with Crippen molar-refractivity contribution < 1.29 is 47.6 Å². The maximum Gasteiger partial charge on any atom is 1.00 e. The second-order valence-corrected chi connectivity index (χ2v) is 8.16. The minimum absolute atomic E-state index is 0. The van der Waals surface area contributed by atoms with Gasteiger partial charge in [-0.15, -0.1) is 0 Å². The molecule has 134 valence electrons. The van der Waals surface area contributed by atoms with Crippen LogP contribution in [-0.4, -0.2) is 29.4 Å². The Morgan fingerprint density at radius 1 is 0.826 bits per heavy atom. The first-order valence-electron chi connectivity index (χ1n) is 9.00. The van der Waals surface area contributed by atoms with E-state index >= 15 is 0 Å². The maximum atomic E-state index is 11.3. The molecule has 0 heterocycles. The molecule has 0 fully saturated rings. The van der Waals surface area contributed by atoms with Crippen LogP contribution in [0.1, 0.15) is 97.3 Å². The van der Waals surface area contributed by atoms with Crippen LogP contribution in [0.15, 0.2) is 0 Å². The molecule has 0 bridgehead atoms. The van der Waals surface area contributed by atoms with Crippen molar-refractivity contribution in [1.82, 2.24) is 0 Å². The Hall–Kier alpha value is 0.870. The smallest absolute Gasteiger partial charge is 0.748 e. The van der Waals surface area contributed by atoms with Crippen molar-refractivity contribution in [2.45, 2.75) is 109 Å². The van der Waals surface area contributed by atoms with E-state index in [2.05, 4.69) is 6.92 Å². The quantitative estimate of drug-likeness (QED) is 0.272. The molecule has 0 radical (unpaired) electrons. The molecular formula is C17H35NaO4S. The normalized spacial score (nSPS) is 14.3. The van der Waals surface area contributed by atoms with Gasteiger partial charge in [0, 0.05) is 5.25 Å². The van der Waals surface area contributed by atoms with Crippen molar-refractivity contribution in [3.05, 3.63) is 0 Å². The molecule has 0 aromatic rings. The predicted octanol–water partition coefficient (Wildman–Crippen LogP) is 1.38. The summed E-state index contributed by atoms with van der Waals surface area (Å²) in [7, 11) is -4.14. The molecule has 4 nitrogen and oxygen atoms in total. The zero-order valence-corrected chi connectivity index (χ0v) is 18.2. The minimum Gasteiger partial charge on any atom is -0.748 e. The summed E-state index contributed by atoms with van der Waals surface area (Å²) in [4.78, 5) is 0. The molecule has 1 N–H and O–H groups in total. The van der Waals surface area contributed by atoms with Crippen LogP contribution < -0.4 is 29.6 Å². The fraction of sp³-hybridized carbons (Fsp3) is 1.00. The molecule has 0 aromatic heterocycles. The van der Waals surface area contributed by atoms with Crippen molar-refractivity contribution in [2.75, 3.05) is 0 Å². The van der Waals surface area contributed by atoms with Crippen molar-refractivity contribution in [1.29, 1.82) is 0 Å². The SMILES string of the molecule is CCCCCCC(CCCCCCCCC(C)O)S(=O)(=O)[O-].[Na+]. The van der Waals surface area contributed by atoms with Crippen LogP contribution in [0.4, 0.5) is 0 Å². The van der Waals surface area contributed by atoms with Crippen LogP contribution in [0.25, 0.3) is 0 Å². The van der Waals surface area contributed by atoms with Gasteiger partial charge in [0.25, 0.3) is 0 Å². The van der Waals surface area contributed by atoms with E-state index in [1.54, 1.807) is 0 Å². The molecule has 0 aliphatic heterocycles. The minimum atomic E-state index is -4.14. The van der Waals surface area contributed by atoms with E-state index in [1.807, 2.05) is 6.92 Å². The molecule has 0 amide bonds. The third kappa shape index (κ3) is 17.5.